The number of ether oxygens (including phenoxy) is 1. The fourth-order valence-corrected chi connectivity index (χ4v) is 3.10. The first kappa shape index (κ1) is 16.0. The van der Waals surface area contributed by atoms with Crippen LogP contribution in [0.3, 0.4) is 0 Å². The van der Waals surface area contributed by atoms with Gasteiger partial charge in [0.1, 0.15) is 5.78 Å². The highest BCUT2D eigenvalue weighted by Crippen LogP contribution is 2.39. The summed E-state index contributed by atoms with van der Waals surface area (Å²) >= 11 is 0. The predicted molar refractivity (Wildman–Crippen MR) is 80.8 cm³/mol. The number of ketones is 1. The number of carbonyl (C=O) groups excluding carboxylic acids is 1. The van der Waals surface area contributed by atoms with Crippen molar-refractivity contribution in [3.05, 3.63) is 29.6 Å². The van der Waals surface area contributed by atoms with Crippen molar-refractivity contribution in [2.75, 3.05) is 13.7 Å². The lowest BCUT2D eigenvalue weighted by Gasteiger charge is -2.37. The summed E-state index contributed by atoms with van der Waals surface area (Å²) in [6, 6.07) is 4.69. The van der Waals surface area contributed by atoms with Gasteiger partial charge in [-0.25, -0.2) is 4.39 Å². The van der Waals surface area contributed by atoms with E-state index in [0.29, 0.717) is 18.0 Å². The number of benzene rings is 1. The van der Waals surface area contributed by atoms with Gasteiger partial charge in [0.05, 0.1) is 7.11 Å². The van der Waals surface area contributed by atoms with Gasteiger partial charge in [-0.05, 0) is 49.3 Å². The molecule has 1 aromatic rings. The van der Waals surface area contributed by atoms with Crippen molar-refractivity contribution in [3.63, 3.8) is 0 Å². The van der Waals surface area contributed by atoms with E-state index in [0.717, 1.165) is 25.7 Å². The fourth-order valence-electron chi connectivity index (χ4n) is 3.10. The number of Topliss-reactive ketones (excluding diaryl/α,β-unsaturated/α-hetero) is 1. The number of carbonyl (C=O) groups is 1. The van der Waals surface area contributed by atoms with Crippen LogP contribution in [0.5, 0.6) is 5.75 Å². The summed E-state index contributed by atoms with van der Waals surface area (Å²) in [5, 5.41) is 0. The monoisotopic (exact) mass is 293 g/mol. The molecule has 1 aliphatic rings. The van der Waals surface area contributed by atoms with E-state index in [1.807, 2.05) is 0 Å². The van der Waals surface area contributed by atoms with Crippen molar-refractivity contribution in [1.29, 1.82) is 0 Å². The lowest BCUT2D eigenvalue weighted by atomic mass is 9.67. The van der Waals surface area contributed by atoms with E-state index in [4.69, 9.17) is 10.5 Å². The van der Waals surface area contributed by atoms with Crippen LogP contribution in [0.4, 0.5) is 4.39 Å². The first-order valence-electron chi connectivity index (χ1n) is 7.56. The molecule has 0 radical (unpaired) electrons. The first-order valence-corrected chi connectivity index (χ1v) is 7.56. The molecule has 1 aromatic carbocycles. The molecule has 0 bridgehead atoms. The Balaban J connectivity index is 2.11. The van der Waals surface area contributed by atoms with Gasteiger partial charge in [0.15, 0.2) is 11.6 Å². The van der Waals surface area contributed by atoms with Crippen LogP contribution in [0.2, 0.25) is 0 Å². The Labute approximate surface area is 125 Å². The average Bonchev–Trinajstić information content (AvgIpc) is 2.48. The normalized spacial score (nSPS) is 25.6. The second kappa shape index (κ2) is 6.56. The Morgan fingerprint density at radius 2 is 2.10 bits per heavy atom. The maximum atomic E-state index is 13.7. The van der Waals surface area contributed by atoms with Crippen LogP contribution in [0.1, 0.15) is 38.2 Å². The third-order valence-electron chi connectivity index (χ3n) is 4.79. The van der Waals surface area contributed by atoms with Crippen LogP contribution in [0.15, 0.2) is 18.2 Å². The smallest absolute Gasteiger partial charge is 0.165 e. The van der Waals surface area contributed by atoms with E-state index < -0.39 is 11.2 Å². The third-order valence-corrected chi connectivity index (χ3v) is 4.79. The van der Waals surface area contributed by atoms with E-state index in [-0.39, 0.29) is 18.0 Å². The molecule has 1 saturated carbocycles. The molecule has 2 rings (SSSR count). The van der Waals surface area contributed by atoms with Gasteiger partial charge < -0.3 is 10.5 Å². The molecule has 0 aliphatic heterocycles. The molecule has 0 spiro atoms. The molecule has 0 heterocycles. The Kier molecular flexibility index (Phi) is 4.99. The zero-order valence-corrected chi connectivity index (χ0v) is 12.8. The van der Waals surface area contributed by atoms with Crippen LogP contribution in [-0.4, -0.2) is 19.4 Å². The number of halogens is 1. The Hall–Kier alpha value is -1.42. The van der Waals surface area contributed by atoms with Crippen LogP contribution < -0.4 is 10.5 Å². The lowest BCUT2D eigenvalue weighted by Crippen LogP contribution is -2.42. The molecule has 0 saturated heterocycles. The van der Waals surface area contributed by atoms with Gasteiger partial charge in [0, 0.05) is 18.4 Å². The van der Waals surface area contributed by atoms with E-state index in [1.54, 1.807) is 12.1 Å². The van der Waals surface area contributed by atoms with Crippen LogP contribution in [0, 0.1) is 17.2 Å². The van der Waals surface area contributed by atoms with E-state index in [2.05, 4.69) is 6.92 Å². The molecule has 1 fully saturated rings. The predicted octanol–water partition coefficient (Wildman–Crippen LogP) is 3.10. The summed E-state index contributed by atoms with van der Waals surface area (Å²) in [4.78, 5) is 12.7. The summed E-state index contributed by atoms with van der Waals surface area (Å²) in [5.41, 5.74) is 6.17. The van der Waals surface area contributed by atoms with Crippen molar-refractivity contribution < 1.29 is 13.9 Å². The largest absolute Gasteiger partial charge is 0.494 e. The minimum absolute atomic E-state index is 0.140. The molecule has 116 valence electrons. The molecule has 2 N–H and O–H groups in total. The number of hydrogen-bond acceptors (Lipinski definition) is 3. The SMILES string of the molecule is COc1ccc(CC(=O)C2(CN)CCC(C)CC2)cc1F. The van der Waals surface area contributed by atoms with Crippen molar-refractivity contribution in [2.45, 2.75) is 39.0 Å². The average molecular weight is 293 g/mol. The summed E-state index contributed by atoms with van der Waals surface area (Å²) in [5.74, 6) is 0.575. The molecular formula is C17H24FNO2. The van der Waals surface area contributed by atoms with Gasteiger partial charge in [0.25, 0.3) is 0 Å². The number of rotatable bonds is 5. The second-order valence-corrected chi connectivity index (χ2v) is 6.24. The maximum absolute atomic E-state index is 13.7. The van der Waals surface area contributed by atoms with Crippen LogP contribution in [0.25, 0.3) is 0 Å². The fraction of sp³-hybridized carbons (Fsp3) is 0.588. The highest BCUT2D eigenvalue weighted by atomic mass is 19.1. The standard InChI is InChI=1S/C17H24FNO2/c1-12-5-7-17(11-19,8-6-12)16(20)10-13-3-4-15(21-2)14(18)9-13/h3-4,9,12H,5-8,10-11,19H2,1-2H3. The summed E-state index contributed by atoms with van der Waals surface area (Å²) in [7, 11) is 1.43. The van der Waals surface area contributed by atoms with Gasteiger partial charge in [-0.15, -0.1) is 0 Å². The van der Waals surface area contributed by atoms with Crippen molar-refractivity contribution in [2.24, 2.45) is 17.1 Å². The summed E-state index contributed by atoms with van der Waals surface area (Å²) in [6.07, 6.45) is 4.02. The zero-order valence-electron chi connectivity index (χ0n) is 12.8. The molecule has 21 heavy (non-hydrogen) atoms. The summed E-state index contributed by atoms with van der Waals surface area (Å²) in [6.45, 7) is 2.60. The molecule has 1 aliphatic carbocycles. The molecule has 0 unspecified atom stereocenters. The summed E-state index contributed by atoms with van der Waals surface area (Å²) < 4.78 is 18.6. The van der Waals surface area contributed by atoms with E-state index >= 15 is 0 Å². The van der Waals surface area contributed by atoms with E-state index in [9.17, 15) is 9.18 Å². The minimum Gasteiger partial charge on any atom is -0.494 e. The number of methoxy groups -OCH3 is 1. The second-order valence-electron chi connectivity index (χ2n) is 6.24. The molecule has 0 amide bonds. The van der Waals surface area contributed by atoms with Crippen LogP contribution >= 0.6 is 0 Å². The highest BCUT2D eigenvalue weighted by Gasteiger charge is 2.39. The maximum Gasteiger partial charge on any atom is 0.165 e. The molecule has 0 aromatic heterocycles. The van der Waals surface area contributed by atoms with Gasteiger partial charge in [-0.3, -0.25) is 4.79 Å². The topological polar surface area (TPSA) is 52.3 Å². The van der Waals surface area contributed by atoms with Crippen LogP contribution in [-0.2, 0) is 11.2 Å². The molecule has 4 heteroatoms. The quantitative estimate of drug-likeness (QED) is 0.907. The van der Waals surface area contributed by atoms with Crippen molar-refractivity contribution in [1.82, 2.24) is 0 Å². The number of hydrogen-bond donors (Lipinski definition) is 1. The Morgan fingerprint density at radius 1 is 1.43 bits per heavy atom. The first-order chi connectivity index (χ1) is 10.0. The number of nitrogens with two attached hydrogens (primary N) is 1. The Bertz CT molecular complexity index is 508. The Morgan fingerprint density at radius 3 is 2.62 bits per heavy atom. The molecule has 0 atom stereocenters. The minimum atomic E-state index is -0.429. The van der Waals surface area contributed by atoms with Gasteiger partial charge >= 0.3 is 0 Å². The third kappa shape index (κ3) is 3.43. The van der Waals surface area contributed by atoms with Gasteiger partial charge in [0.2, 0.25) is 0 Å². The van der Waals surface area contributed by atoms with Gasteiger partial charge in [-0.2, -0.15) is 0 Å². The lowest BCUT2D eigenvalue weighted by molar-refractivity contribution is -0.129. The molecular weight excluding hydrogens is 269 g/mol. The zero-order chi connectivity index (χ0) is 15.5. The van der Waals surface area contributed by atoms with E-state index in [1.165, 1.54) is 13.2 Å². The van der Waals surface area contributed by atoms with Crippen molar-refractivity contribution >= 4 is 5.78 Å². The highest BCUT2D eigenvalue weighted by molar-refractivity contribution is 5.87. The molecule has 3 nitrogen and oxygen atoms in total. The van der Waals surface area contributed by atoms with Gasteiger partial charge in [-0.1, -0.05) is 13.0 Å². The van der Waals surface area contributed by atoms with Crippen molar-refractivity contribution in [3.8, 4) is 5.75 Å².